The summed E-state index contributed by atoms with van der Waals surface area (Å²) < 4.78 is 2.00. The number of likely N-dealkylation sites (tertiary alicyclic amines) is 1. The fraction of sp³-hybridized carbons (Fsp3) is 0.500. The van der Waals surface area contributed by atoms with Crippen molar-refractivity contribution in [2.75, 3.05) is 19.6 Å². The third-order valence-electron chi connectivity index (χ3n) is 4.96. The molecular formula is C20H27ClN4O. The maximum Gasteiger partial charge on any atom is 0.220 e. The summed E-state index contributed by atoms with van der Waals surface area (Å²) in [6.07, 6.45) is 10.6. The maximum absolute atomic E-state index is 12.3. The summed E-state index contributed by atoms with van der Waals surface area (Å²) in [5.74, 6) is 0.112. The number of aryl methyl sites for hydroxylation is 1. The first-order valence-electron chi connectivity index (χ1n) is 9.44. The largest absolute Gasteiger partial charge is 0.354 e. The minimum absolute atomic E-state index is 0.112. The predicted octanol–water partition coefficient (Wildman–Crippen LogP) is 3.66. The summed E-state index contributed by atoms with van der Waals surface area (Å²) in [4.78, 5) is 18.8. The molecule has 1 fully saturated rings. The number of piperidine rings is 1. The molecule has 1 aromatic heterocycles. The summed E-state index contributed by atoms with van der Waals surface area (Å²) in [5, 5.41) is 3.88. The van der Waals surface area contributed by atoms with Crippen molar-refractivity contribution in [3.05, 3.63) is 53.6 Å². The zero-order valence-corrected chi connectivity index (χ0v) is 15.9. The number of benzene rings is 1. The van der Waals surface area contributed by atoms with E-state index in [1.807, 2.05) is 22.9 Å². The molecule has 140 valence electrons. The van der Waals surface area contributed by atoms with Gasteiger partial charge in [0.15, 0.2) is 0 Å². The van der Waals surface area contributed by atoms with Crippen LogP contribution in [-0.2, 0) is 11.3 Å². The van der Waals surface area contributed by atoms with Gasteiger partial charge in [0.2, 0.25) is 5.91 Å². The van der Waals surface area contributed by atoms with Crippen LogP contribution in [0.2, 0.25) is 5.02 Å². The number of carbonyl (C=O) groups excluding carboxylic acids is 1. The number of aromatic nitrogens is 2. The minimum atomic E-state index is 0.112. The molecule has 0 radical (unpaired) electrons. The van der Waals surface area contributed by atoms with Gasteiger partial charge in [0.05, 0.1) is 12.4 Å². The minimum Gasteiger partial charge on any atom is -0.354 e. The molecule has 2 aromatic rings. The van der Waals surface area contributed by atoms with Crippen LogP contribution in [0.15, 0.2) is 43.0 Å². The lowest BCUT2D eigenvalue weighted by Crippen LogP contribution is -2.40. The van der Waals surface area contributed by atoms with Crippen LogP contribution in [0, 0.1) is 0 Å². The number of amides is 1. The van der Waals surface area contributed by atoms with E-state index in [2.05, 4.69) is 27.3 Å². The Hall–Kier alpha value is -1.85. The monoisotopic (exact) mass is 374 g/mol. The van der Waals surface area contributed by atoms with Gasteiger partial charge in [-0.2, -0.15) is 0 Å². The molecule has 3 rings (SSSR count). The van der Waals surface area contributed by atoms with Gasteiger partial charge in [-0.25, -0.2) is 4.98 Å². The fourth-order valence-corrected chi connectivity index (χ4v) is 3.64. The van der Waals surface area contributed by atoms with Crippen molar-refractivity contribution in [1.82, 2.24) is 19.8 Å². The van der Waals surface area contributed by atoms with Crippen molar-refractivity contribution >= 4 is 17.5 Å². The van der Waals surface area contributed by atoms with Gasteiger partial charge in [0.25, 0.3) is 0 Å². The van der Waals surface area contributed by atoms with Crippen molar-refractivity contribution in [2.45, 2.75) is 44.7 Å². The van der Waals surface area contributed by atoms with E-state index >= 15 is 0 Å². The molecule has 26 heavy (non-hydrogen) atoms. The molecule has 0 unspecified atom stereocenters. The third kappa shape index (κ3) is 5.58. The fourth-order valence-electron chi connectivity index (χ4n) is 3.51. The highest BCUT2D eigenvalue weighted by Crippen LogP contribution is 2.25. The average Bonchev–Trinajstić information content (AvgIpc) is 3.18. The Bertz CT molecular complexity index is 666. The quantitative estimate of drug-likeness (QED) is 0.767. The predicted molar refractivity (Wildman–Crippen MR) is 104 cm³/mol. The lowest BCUT2D eigenvalue weighted by atomic mass is 10.0. The first kappa shape index (κ1) is 18.9. The Morgan fingerprint density at radius 2 is 1.96 bits per heavy atom. The molecule has 1 saturated heterocycles. The molecular weight excluding hydrogens is 348 g/mol. The number of imidazole rings is 1. The molecule has 5 nitrogen and oxygen atoms in total. The normalized spacial score (nSPS) is 16.3. The Morgan fingerprint density at radius 3 is 2.65 bits per heavy atom. The molecule has 6 heteroatoms. The Labute approximate surface area is 160 Å². The highest BCUT2D eigenvalue weighted by atomic mass is 35.5. The standard InChI is InChI=1S/C20H27ClN4O/c21-18-8-6-17(7-9-18)19(25-12-2-1-3-13-25)15-23-20(26)5-4-11-24-14-10-22-16-24/h6-10,14,16,19H,1-5,11-13,15H2,(H,23,26)/t19-/m0/s1. The second-order valence-electron chi connectivity index (χ2n) is 6.87. The molecule has 0 spiro atoms. The van der Waals surface area contributed by atoms with Crippen molar-refractivity contribution in [1.29, 1.82) is 0 Å². The van der Waals surface area contributed by atoms with Crippen LogP contribution in [0.5, 0.6) is 0 Å². The SMILES string of the molecule is O=C(CCCn1ccnc1)NC[C@@H](c1ccc(Cl)cc1)N1CCCCC1. The summed E-state index contributed by atoms with van der Waals surface area (Å²) in [6.45, 7) is 3.64. The number of halogens is 1. The molecule has 1 aromatic carbocycles. The number of nitrogens with one attached hydrogen (secondary N) is 1. The van der Waals surface area contributed by atoms with Crippen molar-refractivity contribution in [2.24, 2.45) is 0 Å². The summed E-state index contributed by atoms with van der Waals surface area (Å²) >= 11 is 6.04. The van der Waals surface area contributed by atoms with Crippen molar-refractivity contribution in [3.8, 4) is 0 Å². The smallest absolute Gasteiger partial charge is 0.220 e. The van der Waals surface area contributed by atoms with E-state index in [-0.39, 0.29) is 11.9 Å². The number of hydrogen-bond donors (Lipinski definition) is 1. The maximum atomic E-state index is 12.3. The Kier molecular flexibility index (Phi) is 7.09. The summed E-state index contributed by atoms with van der Waals surface area (Å²) in [5.41, 5.74) is 1.22. The van der Waals surface area contributed by atoms with Crippen LogP contribution in [-0.4, -0.2) is 40.0 Å². The average molecular weight is 375 g/mol. The lowest BCUT2D eigenvalue weighted by Gasteiger charge is -2.35. The van der Waals surface area contributed by atoms with Crippen LogP contribution in [0.3, 0.4) is 0 Å². The van der Waals surface area contributed by atoms with Crippen molar-refractivity contribution in [3.63, 3.8) is 0 Å². The van der Waals surface area contributed by atoms with Gasteiger partial charge in [0, 0.05) is 36.9 Å². The lowest BCUT2D eigenvalue weighted by molar-refractivity contribution is -0.121. The first-order chi connectivity index (χ1) is 12.7. The molecule has 0 bridgehead atoms. The van der Waals surface area contributed by atoms with Gasteiger partial charge in [-0.05, 0) is 50.0 Å². The highest BCUT2D eigenvalue weighted by Gasteiger charge is 2.22. The van der Waals surface area contributed by atoms with Crippen LogP contribution in [0.25, 0.3) is 0 Å². The summed E-state index contributed by atoms with van der Waals surface area (Å²) in [6, 6.07) is 8.23. The zero-order valence-electron chi connectivity index (χ0n) is 15.1. The van der Waals surface area contributed by atoms with Crippen LogP contribution in [0.4, 0.5) is 0 Å². The van der Waals surface area contributed by atoms with E-state index in [4.69, 9.17) is 11.6 Å². The Balaban J connectivity index is 1.53. The van der Waals surface area contributed by atoms with E-state index < -0.39 is 0 Å². The molecule has 1 N–H and O–H groups in total. The first-order valence-corrected chi connectivity index (χ1v) is 9.82. The molecule has 1 atom stereocenters. The van der Waals surface area contributed by atoms with Gasteiger partial charge in [-0.15, -0.1) is 0 Å². The van der Waals surface area contributed by atoms with E-state index in [0.29, 0.717) is 13.0 Å². The van der Waals surface area contributed by atoms with Gasteiger partial charge < -0.3 is 9.88 Å². The molecule has 0 aliphatic carbocycles. The van der Waals surface area contributed by atoms with E-state index in [0.717, 1.165) is 31.1 Å². The molecule has 1 aliphatic rings. The molecule has 1 aliphatic heterocycles. The molecule has 0 saturated carbocycles. The number of rotatable bonds is 8. The number of carbonyl (C=O) groups is 1. The topological polar surface area (TPSA) is 50.2 Å². The second-order valence-corrected chi connectivity index (χ2v) is 7.31. The van der Waals surface area contributed by atoms with Crippen LogP contribution in [0.1, 0.15) is 43.7 Å². The third-order valence-corrected chi connectivity index (χ3v) is 5.21. The highest BCUT2D eigenvalue weighted by molar-refractivity contribution is 6.30. The van der Waals surface area contributed by atoms with E-state index in [1.54, 1.807) is 12.5 Å². The van der Waals surface area contributed by atoms with E-state index in [1.165, 1.54) is 24.8 Å². The van der Waals surface area contributed by atoms with Gasteiger partial charge in [0.1, 0.15) is 0 Å². The zero-order chi connectivity index (χ0) is 18.2. The number of nitrogens with zero attached hydrogens (tertiary/aromatic N) is 3. The van der Waals surface area contributed by atoms with Gasteiger partial charge in [-0.1, -0.05) is 30.2 Å². The molecule has 1 amide bonds. The Morgan fingerprint density at radius 1 is 1.19 bits per heavy atom. The van der Waals surface area contributed by atoms with Gasteiger partial charge in [-0.3, -0.25) is 9.69 Å². The van der Waals surface area contributed by atoms with Crippen molar-refractivity contribution < 1.29 is 4.79 Å². The van der Waals surface area contributed by atoms with Crippen LogP contribution >= 0.6 is 11.6 Å². The summed E-state index contributed by atoms with van der Waals surface area (Å²) in [7, 11) is 0. The second kappa shape index (κ2) is 9.74. The van der Waals surface area contributed by atoms with Gasteiger partial charge >= 0.3 is 0 Å². The van der Waals surface area contributed by atoms with Crippen LogP contribution < -0.4 is 5.32 Å². The van der Waals surface area contributed by atoms with E-state index in [9.17, 15) is 4.79 Å². The number of hydrogen-bond acceptors (Lipinski definition) is 3. The molecule has 2 heterocycles.